The van der Waals surface area contributed by atoms with E-state index in [2.05, 4.69) is 18.2 Å². The first kappa shape index (κ1) is 16.0. The lowest BCUT2D eigenvalue weighted by atomic mass is 9.79. The maximum absolute atomic E-state index is 6.19. The summed E-state index contributed by atoms with van der Waals surface area (Å²) in [5.74, 6) is 4.13. The van der Waals surface area contributed by atoms with Crippen molar-refractivity contribution in [1.29, 1.82) is 0 Å². The van der Waals surface area contributed by atoms with Crippen molar-refractivity contribution >= 4 is 11.8 Å². The van der Waals surface area contributed by atoms with Crippen LogP contribution < -0.4 is 15.2 Å². The van der Waals surface area contributed by atoms with Crippen molar-refractivity contribution < 1.29 is 9.47 Å². The van der Waals surface area contributed by atoms with Crippen LogP contribution in [0.4, 0.5) is 0 Å². The van der Waals surface area contributed by atoms with Gasteiger partial charge in [0.05, 0.1) is 7.11 Å². The van der Waals surface area contributed by atoms with Gasteiger partial charge in [-0.1, -0.05) is 18.9 Å². The molecular formula is C18H27NO2S. The highest BCUT2D eigenvalue weighted by Gasteiger charge is 2.34. The van der Waals surface area contributed by atoms with Crippen LogP contribution in [0.15, 0.2) is 18.2 Å². The molecule has 2 fully saturated rings. The van der Waals surface area contributed by atoms with Crippen LogP contribution >= 0.6 is 11.8 Å². The number of benzene rings is 1. The molecule has 1 saturated heterocycles. The van der Waals surface area contributed by atoms with E-state index in [4.69, 9.17) is 15.2 Å². The smallest absolute Gasteiger partial charge is 0.161 e. The Bertz CT molecular complexity index is 494. The quantitative estimate of drug-likeness (QED) is 0.897. The number of ether oxygens (including phenoxy) is 2. The van der Waals surface area contributed by atoms with E-state index in [9.17, 15) is 0 Å². The van der Waals surface area contributed by atoms with Crippen molar-refractivity contribution in [3.63, 3.8) is 0 Å². The Labute approximate surface area is 137 Å². The number of hydrogen-bond acceptors (Lipinski definition) is 4. The summed E-state index contributed by atoms with van der Waals surface area (Å²) in [4.78, 5) is 0. The Balaban J connectivity index is 1.80. The molecule has 1 aromatic carbocycles. The lowest BCUT2D eigenvalue weighted by Crippen LogP contribution is -2.32. The zero-order valence-corrected chi connectivity index (χ0v) is 14.3. The maximum Gasteiger partial charge on any atom is 0.161 e. The molecule has 0 amide bonds. The van der Waals surface area contributed by atoms with Crippen molar-refractivity contribution in [2.45, 2.75) is 50.0 Å². The van der Waals surface area contributed by atoms with Crippen LogP contribution in [0, 0.1) is 0 Å². The predicted molar refractivity (Wildman–Crippen MR) is 93.2 cm³/mol. The highest BCUT2D eigenvalue weighted by Crippen LogP contribution is 2.43. The lowest BCUT2D eigenvalue weighted by Gasteiger charge is -2.29. The van der Waals surface area contributed by atoms with Gasteiger partial charge in [0.2, 0.25) is 0 Å². The van der Waals surface area contributed by atoms with Gasteiger partial charge >= 0.3 is 0 Å². The average molecular weight is 321 g/mol. The fourth-order valence-corrected chi connectivity index (χ4v) is 4.79. The van der Waals surface area contributed by atoms with E-state index in [1.165, 1.54) is 42.8 Å². The third-order valence-electron chi connectivity index (χ3n) is 5.19. The molecule has 0 spiro atoms. The van der Waals surface area contributed by atoms with E-state index in [0.717, 1.165) is 30.9 Å². The van der Waals surface area contributed by atoms with Gasteiger partial charge in [-0.2, -0.15) is 11.8 Å². The minimum absolute atomic E-state index is 0.146. The fraction of sp³-hybridized carbons (Fsp3) is 0.667. The zero-order valence-electron chi connectivity index (χ0n) is 13.5. The first-order valence-corrected chi connectivity index (χ1v) is 9.56. The van der Waals surface area contributed by atoms with Crippen molar-refractivity contribution in [2.75, 3.05) is 25.2 Å². The van der Waals surface area contributed by atoms with E-state index >= 15 is 0 Å². The molecule has 22 heavy (non-hydrogen) atoms. The van der Waals surface area contributed by atoms with Gasteiger partial charge in [-0.25, -0.2) is 0 Å². The summed E-state index contributed by atoms with van der Waals surface area (Å²) in [5.41, 5.74) is 7.57. The summed E-state index contributed by atoms with van der Waals surface area (Å²) >= 11 is 2.02. The highest BCUT2D eigenvalue weighted by molar-refractivity contribution is 7.99. The fourth-order valence-electron chi connectivity index (χ4n) is 3.73. The summed E-state index contributed by atoms with van der Waals surface area (Å²) in [7, 11) is 1.73. The van der Waals surface area contributed by atoms with Crippen molar-refractivity contribution in [1.82, 2.24) is 0 Å². The monoisotopic (exact) mass is 321 g/mol. The molecule has 3 nitrogen and oxygen atoms in total. The topological polar surface area (TPSA) is 44.5 Å². The van der Waals surface area contributed by atoms with Crippen LogP contribution in [0.3, 0.4) is 0 Å². The molecule has 122 valence electrons. The predicted octanol–water partition coefficient (Wildman–Crippen LogP) is 3.74. The van der Waals surface area contributed by atoms with Crippen molar-refractivity contribution in [3.05, 3.63) is 23.8 Å². The van der Waals surface area contributed by atoms with Gasteiger partial charge in [0, 0.05) is 12.0 Å². The summed E-state index contributed by atoms with van der Waals surface area (Å²) in [6.45, 7) is 0.718. The van der Waals surface area contributed by atoms with Gasteiger partial charge in [-0.3, -0.25) is 0 Å². The number of methoxy groups -OCH3 is 1. The van der Waals surface area contributed by atoms with E-state index in [1.807, 2.05) is 11.8 Å². The molecule has 4 heteroatoms. The Hall–Kier alpha value is -0.870. The van der Waals surface area contributed by atoms with Gasteiger partial charge in [-0.05, 0) is 54.9 Å². The van der Waals surface area contributed by atoms with Crippen molar-refractivity contribution in [3.8, 4) is 11.5 Å². The van der Waals surface area contributed by atoms with Crippen LogP contribution in [-0.2, 0) is 5.41 Å². The Morgan fingerprint density at radius 1 is 1.18 bits per heavy atom. The minimum Gasteiger partial charge on any atom is -0.493 e. The SMILES string of the molecule is COc1cc(C2(CN)CCCC2)ccc1OC1CCSCC1. The number of rotatable bonds is 5. The second kappa shape index (κ2) is 7.14. The molecule has 0 radical (unpaired) electrons. The largest absolute Gasteiger partial charge is 0.493 e. The maximum atomic E-state index is 6.19. The molecule has 1 heterocycles. The molecule has 2 N–H and O–H groups in total. The van der Waals surface area contributed by atoms with Gasteiger partial charge in [0.15, 0.2) is 11.5 Å². The average Bonchev–Trinajstić information content (AvgIpc) is 3.06. The highest BCUT2D eigenvalue weighted by atomic mass is 32.2. The van der Waals surface area contributed by atoms with E-state index < -0.39 is 0 Å². The number of hydrogen-bond donors (Lipinski definition) is 1. The Morgan fingerprint density at radius 3 is 2.55 bits per heavy atom. The van der Waals surface area contributed by atoms with Crippen LogP contribution in [0.2, 0.25) is 0 Å². The standard InChI is InChI=1S/C18H27NO2S/c1-20-17-12-14(18(13-19)8-2-3-9-18)4-5-16(17)21-15-6-10-22-11-7-15/h4-5,12,15H,2-3,6-11,13,19H2,1H3. The molecule has 1 aliphatic heterocycles. The Kier molecular flexibility index (Phi) is 5.19. The van der Waals surface area contributed by atoms with E-state index in [1.54, 1.807) is 7.11 Å². The molecule has 1 saturated carbocycles. The van der Waals surface area contributed by atoms with Crippen molar-refractivity contribution in [2.24, 2.45) is 5.73 Å². The van der Waals surface area contributed by atoms with Gasteiger partial charge in [0.25, 0.3) is 0 Å². The molecule has 1 aliphatic carbocycles. The summed E-state index contributed by atoms with van der Waals surface area (Å²) in [6.07, 6.45) is 7.51. The van der Waals surface area contributed by atoms with Crippen LogP contribution in [0.1, 0.15) is 44.1 Å². The van der Waals surface area contributed by atoms with Crippen LogP contribution in [0.5, 0.6) is 11.5 Å². The number of thioether (sulfide) groups is 1. The third-order valence-corrected chi connectivity index (χ3v) is 6.24. The number of nitrogens with two attached hydrogens (primary N) is 1. The van der Waals surface area contributed by atoms with Gasteiger partial charge < -0.3 is 15.2 Å². The van der Waals surface area contributed by atoms with Crippen LogP contribution in [-0.4, -0.2) is 31.3 Å². The van der Waals surface area contributed by atoms with E-state index in [0.29, 0.717) is 6.10 Å². The van der Waals surface area contributed by atoms with Crippen LogP contribution in [0.25, 0.3) is 0 Å². The van der Waals surface area contributed by atoms with Gasteiger partial charge in [-0.15, -0.1) is 0 Å². The minimum atomic E-state index is 0.146. The van der Waals surface area contributed by atoms with E-state index in [-0.39, 0.29) is 5.41 Å². The summed E-state index contributed by atoms with van der Waals surface area (Å²) < 4.78 is 11.8. The molecule has 2 aliphatic rings. The first-order chi connectivity index (χ1) is 10.8. The zero-order chi connectivity index (χ0) is 15.4. The second-order valence-electron chi connectivity index (χ2n) is 6.49. The molecule has 3 rings (SSSR count). The molecule has 0 atom stereocenters. The molecule has 1 aromatic rings. The third kappa shape index (κ3) is 3.23. The first-order valence-electron chi connectivity index (χ1n) is 8.40. The second-order valence-corrected chi connectivity index (χ2v) is 7.71. The summed E-state index contributed by atoms with van der Waals surface area (Å²) in [5, 5.41) is 0. The summed E-state index contributed by atoms with van der Waals surface area (Å²) in [6, 6.07) is 6.45. The van der Waals surface area contributed by atoms with Gasteiger partial charge in [0.1, 0.15) is 6.10 Å². The molecular weight excluding hydrogens is 294 g/mol. The normalized spacial score (nSPS) is 21.7. The molecule has 0 aromatic heterocycles. The molecule has 0 bridgehead atoms. The lowest BCUT2D eigenvalue weighted by molar-refractivity contribution is 0.184. The Morgan fingerprint density at radius 2 is 1.91 bits per heavy atom. The molecule has 0 unspecified atom stereocenters.